The van der Waals surface area contributed by atoms with Gasteiger partial charge in [-0.25, -0.2) is 0 Å². The summed E-state index contributed by atoms with van der Waals surface area (Å²) in [5.41, 5.74) is 14.2. The second kappa shape index (κ2) is 9.57. The number of anilines is 3. The maximum absolute atomic E-state index is 10.0. The van der Waals surface area contributed by atoms with E-state index in [0.717, 1.165) is 28.3 Å². The number of hydrogen-bond donors (Lipinski definition) is 0. The van der Waals surface area contributed by atoms with Crippen LogP contribution in [-0.2, 0) is 5.41 Å². The minimum absolute atomic E-state index is 0.563. The maximum Gasteiger partial charge on any atom is 0.0991 e. The van der Waals surface area contributed by atoms with Crippen molar-refractivity contribution in [3.05, 3.63) is 192 Å². The maximum atomic E-state index is 10.0. The van der Waals surface area contributed by atoms with Crippen LogP contribution in [0.15, 0.2) is 164 Å². The monoisotopic (exact) mass is 597 g/mol. The predicted octanol–water partition coefficient (Wildman–Crippen LogP) is 10.8. The van der Waals surface area contributed by atoms with Crippen molar-refractivity contribution in [1.82, 2.24) is 4.57 Å². The molecule has 8 aromatic rings. The van der Waals surface area contributed by atoms with Crippen LogP contribution in [0.3, 0.4) is 0 Å². The average Bonchev–Trinajstić information content (AvgIpc) is 3.63. The molecule has 3 nitrogen and oxygen atoms in total. The summed E-state index contributed by atoms with van der Waals surface area (Å²) < 4.78 is 2.38. The van der Waals surface area contributed by atoms with E-state index in [1.165, 1.54) is 49.6 Å². The Bertz CT molecular complexity index is 2520. The highest BCUT2D eigenvalue weighted by Gasteiger charge is 2.51. The van der Waals surface area contributed by atoms with E-state index in [-0.39, 0.29) is 0 Å². The fourth-order valence-corrected chi connectivity index (χ4v) is 8.43. The van der Waals surface area contributed by atoms with Crippen molar-refractivity contribution >= 4 is 38.9 Å². The van der Waals surface area contributed by atoms with Gasteiger partial charge in [-0.1, -0.05) is 109 Å². The molecule has 0 N–H and O–H groups in total. The summed E-state index contributed by atoms with van der Waals surface area (Å²) >= 11 is 0. The zero-order valence-electron chi connectivity index (χ0n) is 25.4. The number of rotatable bonds is 2. The molecular formula is C44H27N3. The number of hydrogen-bond acceptors (Lipinski definition) is 2. The first-order valence-electron chi connectivity index (χ1n) is 16.0. The van der Waals surface area contributed by atoms with Crippen LogP contribution in [0.1, 0.15) is 27.8 Å². The predicted molar refractivity (Wildman–Crippen MR) is 191 cm³/mol. The number of aromatic nitrogens is 1. The van der Waals surface area contributed by atoms with Crippen molar-refractivity contribution in [3.8, 4) is 22.9 Å². The van der Waals surface area contributed by atoms with Gasteiger partial charge in [-0.3, -0.25) is 0 Å². The fraction of sp³-hybridized carbons (Fsp3) is 0.0227. The van der Waals surface area contributed by atoms with Crippen molar-refractivity contribution < 1.29 is 0 Å². The summed E-state index contributed by atoms with van der Waals surface area (Å²) in [6, 6.07) is 61.2. The van der Waals surface area contributed by atoms with E-state index in [9.17, 15) is 5.26 Å². The zero-order chi connectivity index (χ0) is 31.1. The van der Waals surface area contributed by atoms with Gasteiger partial charge in [0.25, 0.3) is 0 Å². The summed E-state index contributed by atoms with van der Waals surface area (Å²) in [7, 11) is 0. The molecule has 7 aromatic carbocycles. The number of para-hydroxylation sites is 4. The lowest BCUT2D eigenvalue weighted by atomic mass is 9.64. The highest BCUT2D eigenvalue weighted by Crippen LogP contribution is 2.63. The lowest BCUT2D eigenvalue weighted by molar-refractivity contribution is 0.752. The highest BCUT2D eigenvalue weighted by molar-refractivity contribution is 6.09. The molecule has 2 aliphatic rings. The molecule has 47 heavy (non-hydrogen) atoms. The zero-order valence-corrected chi connectivity index (χ0v) is 25.4. The Labute approximate surface area is 272 Å². The summed E-state index contributed by atoms with van der Waals surface area (Å²) in [5, 5.41) is 12.5. The standard InChI is InChI=1S/C44H27N3/c45-28-29-24-25-33-32-14-1-4-17-36(32)44(39(33)26-29)37-18-5-9-22-42(37)47(43-23-10-6-19-38(43)44)31-13-11-12-30(27-31)46-40-20-7-2-15-34(40)35-16-3-8-21-41(35)46/h1-27H. The van der Waals surface area contributed by atoms with Crippen LogP contribution in [0.2, 0.25) is 0 Å². The third-order valence-electron chi connectivity index (χ3n) is 10.2. The molecule has 1 aromatic heterocycles. The SMILES string of the molecule is N#Cc1ccc2c(c1)C1(c3ccccc3-2)c2ccccc2N(c2cccc(-n3c4ccccc4c4ccccc43)c2)c2ccccc21. The molecule has 0 radical (unpaired) electrons. The molecular weight excluding hydrogens is 571 g/mol. The Kier molecular flexibility index (Phi) is 5.27. The molecule has 1 aliphatic carbocycles. The van der Waals surface area contributed by atoms with Crippen molar-refractivity contribution in [2.24, 2.45) is 0 Å². The molecule has 0 atom stereocenters. The van der Waals surface area contributed by atoms with E-state index < -0.39 is 5.41 Å². The summed E-state index contributed by atoms with van der Waals surface area (Å²) in [5.74, 6) is 0. The molecule has 0 saturated carbocycles. The second-order valence-corrected chi connectivity index (χ2v) is 12.4. The van der Waals surface area contributed by atoms with Crippen LogP contribution in [0.4, 0.5) is 17.1 Å². The van der Waals surface area contributed by atoms with Gasteiger partial charge in [0.05, 0.1) is 39.5 Å². The third kappa shape index (κ3) is 3.34. The molecule has 0 bridgehead atoms. The number of nitriles is 1. The van der Waals surface area contributed by atoms with Gasteiger partial charge in [0, 0.05) is 22.1 Å². The van der Waals surface area contributed by atoms with Gasteiger partial charge < -0.3 is 9.47 Å². The minimum Gasteiger partial charge on any atom is -0.310 e. The summed E-state index contributed by atoms with van der Waals surface area (Å²) in [6.45, 7) is 0. The Balaban J connectivity index is 1.26. The van der Waals surface area contributed by atoms with E-state index in [2.05, 4.69) is 173 Å². The summed E-state index contributed by atoms with van der Waals surface area (Å²) in [4.78, 5) is 2.42. The molecule has 0 unspecified atom stereocenters. The molecule has 218 valence electrons. The number of fused-ring (bicyclic) bond motifs is 12. The fourth-order valence-electron chi connectivity index (χ4n) is 8.43. The lowest BCUT2D eigenvalue weighted by Gasteiger charge is -2.45. The van der Waals surface area contributed by atoms with Crippen LogP contribution < -0.4 is 4.90 Å². The molecule has 0 fully saturated rings. The first-order chi connectivity index (χ1) is 23.3. The smallest absolute Gasteiger partial charge is 0.0991 e. The first kappa shape index (κ1) is 25.9. The molecule has 0 amide bonds. The number of nitrogens with zero attached hydrogens (tertiary/aromatic N) is 3. The van der Waals surface area contributed by atoms with E-state index in [4.69, 9.17) is 0 Å². The average molecular weight is 598 g/mol. The van der Waals surface area contributed by atoms with Crippen molar-refractivity contribution in [1.29, 1.82) is 5.26 Å². The molecule has 0 saturated heterocycles. The van der Waals surface area contributed by atoms with Crippen LogP contribution in [0.25, 0.3) is 38.6 Å². The largest absolute Gasteiger partial charge is 0.310 e. The van der Waals surface area contributed by atoms with E-state index in [1.54, 1.807) is 0 Å². The van der Waals surface area contributed by atoms with Crippen LogP contribution in [0.5, 0.6) is 0 Å². The van der Waals surface area contributed by atoms with Crippen LogP contribution >= 0.6 is 0 Å². The quantitative estimate of drug-likeness (QED) is 0.199. The summed E-state index contributed by atoms with van der Waals surface area (Å²) in [6.07, 6.45) is 0. The first-order valence-corrected chi connectivity index (χ1v) is 16.0. The number of benzene rings is 7. The Hall–Kier alpha value is -6.37. The topological polar surface area (TPSA) is 32.0 Å². The van der Waals surface area contributed by atoms with Crippen molar-refractivity contribution in [3.63, 3.8) is 0 Å². The highest BCUT2D eigenvalue weighted by atomic mass is 15.2. The van der Waals surface area contributed by atoms with Crippen LogP contribution in [0, 0.1) is 11.3 Å². The molecule has 3 heteroatoms. The Morgan fingerprint density at radius 1 is 0.447 bits per heavy atom. The van der Waals surface area contributed by atoms with Gasteiger partial charge in [-0.05, 0) is 88.0 Å². The molecule has 1 spiro atoms. The van der Waals surface area contributed by atoms with Crippen molar-refractivity contribution in [2.45, 2.75) is 5.41 Å². The lowest BCUT2D eigenvalue weighted by Crippen LogP contribution is -2.36. The van der Waals surface area contributed by atoms with Crippen LogP contribution in [-0.4, -0.2) is 4.57 Å². The van der Waals surface area contributed by atoms with Gasteiger partial charge in [0.1, 0.15) is 0 Å². The van der Waals surface area contributed by atoms with Gasteiger partial charge in [0.2, 0.25) is 0 Å². The van der Waals surface area contributed by atoms with E-state index in [0.29, 0.717) is 5.56 Å². The Morgan fingerprint density at radius 2 is 1.00 bits per heavy atom. The van der Waals surface area contributed by atoms with Gasteiger partial charge >= 0.3 is 0 Å². The Morgan fingerprint density at radius 3 is 1.68 bits per heavy atom. The normalized spacial score (nSPS) is 13.6. The van der Waals surface area contributed by atoms with E-state index in [1.807, 2.05) is 6.07 Å². The van der Waals surface area contributed by atoms with Gasteiger partial charge in [0.15, 0.2) is 0 Å². The molecule has 10 rings (SSSR count). The van der Waals surface area contributed by atoms with Crippen molar-refractivity contribution in [2.75, 3.05) is 4.90 Å². The van der Waals surface area contributed by atoms with Gasteiger partial charge in [-0.2, -0.15) is 5.26 Å². The molecule has 2 heterocycles. The second-order valence-electron chi connectivity index (χ2n) is 12.4. The van der Waals surface area contributed by atoms with E-state index >= 15 is 0 Å². The third-order valence-corrected chi connectivity index (χ3v) is 10.2. The minimum atomic E-state index is -0.563. The van der Waals surface area contributed by atoms with Gasteiger partial charge in [-0.15, -0.1) is 0 Å². The molecule has 1 aliphatic heterocycles.